The molecule has 2 aromatic rings. The summed E-state index contributed by atoms with van der Waals surface area (Å²) in [5.41, 5.74) is 6.76. The zero-order chi connectivity index (χ0) is 13.7. The Morgan fingerprint density at radius 3 is 2.84 bits per heavy atom. The first-order valence-electron chi connectivity index (χ1n) is 6.16. The van der Waals surface area contributed by atoms with Crippen LogP contribution in [0, 0.1) is 0 Å². The smallest absolute Gasteiger partial charge is 0.273 e. The van der Waals surface area contributed by atoms with Crippen molar-refractivity contribution in [2.45, 2.75) is 19.5 Å². The van der Waals surface area contributed by atoms with Crippen LogP contribution in [-0.2, 0) is 6.54 Å². The molecule has 0 unspecified atom stereocenters. The van der Waals surface area contributed by atoms with Crippen molar-refractivity contribution in [3.63, 3.8) is 0 Å². The number of nitrogens with one attached hydrogen (secondary N) is 1. The fourth-order valence-corrected chi connectivity index (χ4v) is 1.74. The van der Waals surface area contributed by atoms with Crippen LogP contribution in [0.5, 0.6) is 0 Å². The molecule has 0 aliphatic heterocycles. The molecule has 1 atom stereocenters. The topological polar surface area (TPSA) is 85.8 Å². The minimum Gasteiger partial charge on any atom is -0.344 e. The maximum atomic E-state index is 12.0. The number of hydrogen-bond acceptors (Lipinski definition) is 4. The van der Waals surface area contributed by atoms with Gasteiger partial charge in [-0.2, -0.15) is 0 Å². The van der Waals surface area contributed by atoms with Gasteiger partial charge < -0.3 is 11.1 Å². The summed E-state index contributed by atoms with van der Waals surface area (Å²) in [7, 11) is 0. The van der Waals surface area contributed by atoms with Crippen LogP contribution in [0.3, 0.4) is 0 Å². The van der Waals surface area contributed by atoms with E-state index >= 15 is 0 Å². The second kappa shape index (κ2) is 6.10. The van der Waals surface area contributed by atoms with Crippen LogP contribution in [0.15, 0.2) is 36.5 Å². The monoisotopic (exact) mass is 259 g/mol. The van der Waals surface area contributed by atoms with Gasteiger partial charge in [-0.25, -0.2) is 0 Å². The molecule has 0 spiro atoms. The minimum atomic E-state index is -0.236. The summed E-state index contributed by atoms with van der Waals surface area (Å²) in [4.78, 5) is 12.0. The average molecular weight is 259 g/mol. The van der Waals surface area contributed by atoms with Gasteiger partial charge in [0.2, 0.25) is 0 Å². The van der Waals surface area contributed by atoms with E-state index in [2.05, 4.69) is 15.6 Å². The van der Waals surface area contributed by atoms with Crippen molar-refractivity contribution in [1.82, 2.24) is 20.3 Å². The third-order valence-corrected chi connectivity index (χ3v) is 2.78. The third-order valence-electron chi connectivity index (χ3n) is 2.78. The van der Waals surface area contributed by atoms with Gasteiger partial charge in [0, 0.05) is 6.54 Å². The summed E-state index contributed by atoms with van der Waals surface area (Å²) >= 11 is 0. The molecule has 0 aliphatic rings. The standard InChI is InChI=1S/C13H17N5O/c1-10(11-5-3-2-4-6-11)15-13(19)12-9-18(8-7-14)17-16-12/h2-6,9-10H,7-8,14H2,1H3,(H,15,19)/t10-/m1/s1. The summed E-state index contributed by atoms with van der Waals surface area (Å²) in [6.45, 7) is 2.94. The Bertz CT molecular complexity index is 537. The lowest BCUT2D eigenvalue weighted by molar-refractivity contribution is 0.0934. The van der Waals surface area contributed by atoms with Crippen molar-refractivity contribution < 1.29 is 4.79 Å². The van der Waals surface area contributed by atoms with E-state index in [0.717, 1.165) is 5.56 Å². The van der Waals surface area contributed by atoms with Crippen LogP contribution in [0.25, 0.3) is 0 Å². The quantitative estimate of drug-likeness (QED) is 0.828. The van der Waals surface area contributed by atoms with E-state index in [9.17, 15) is 4.79 Å². The second-order valence-corrected chi connectivity index (χ2v) is 4.26. The zero-order valence-corrected chi connectivity index (χ0v) is 10.8. The summed E-state index contributed by atoms with van der Waals surface area (Å²) in [6, 6.07) is 9.68. The molecule has 6 nitrogen and oxygen atoms in total. The van der Waals surface area contributed by atoms with E-state index in [1.165, 1.54) is 0 Å². The molecule has 1 aromatic heterocycles. The fraction of sp³-hybridized carbons (Fsp3) is 0.308. The summed E-state index contributed by atoms with van der Waals surface area (Å²) in [5, 5.41) is 10.5. The number of rotatable bonds is 5. The largest absolute Gasteiger partial charge is 0.344 e. The highest BCUT2D eigenvalue weighted by Gasteiger charge is 2.14. The third kappa shape index (κ3) is 3.38. The van der Waals surface area contributed by atoms with Gasteiger partial charge in [-0.3, -0.25) is 9.48 Å². The van der Waals surface area contributed by atoms with Crippen molar-refractivity contribution in [2.75, 3.05) is 6.54 Å². The first-order chi connectivity index (χ1) is 9.20. The number of nitrogens with zero attached hydrogens (tertiary/aromatic N) is 3. The number of nitrogens with two attached hydrogens (primary N) is 1. The van der Waals surface area contributed by atoms with Crippen molar-refractivity contribution in [3.8, 4) is 0 Å². The maximum absolute atomic E-state index is 12.0. The highest BCUT2D eigenvalue weighted by atomic mass is 16.2. The van der Waals surface area contributed by atoms with Gasteiger partial charge in [-0.1, -0.05) is 35.5 Å². The van der Waals surface area contributed by atoms with E-state index in [0.29, 0.717) is 18.8 Å². The lowest BCUT2D eigenvalue weighted by Crippen LogP contribution is -2.26. The van der Waals surface area contributed by atoms with Crippen molar-refractivity contribution in [2.24, 2.45) is 5.73 Å². The summed E-state index contributed by atoms with van der Waals surface area (Å²) in [6.07, 6.45) is 1.60. The predicted octanol–water partition coefficient (Wildman–Crippen LogP) is 0.728. The lowest BCUT2D eigenvalue weighted by atomic mass is 10.1. The van der Waals surface area contributed by atoms with Crippen molar-refractivity contribution in [1.29, 1.82) is 0 Å². The van der Waals surface area contributed by atoms with E-state index in [-0.39, 0.29) is 11.9 Å². The highest BCUT2D eigenvalue weighted by molar-refractivity contribution is 5.92. The normalized spacial score (nSPS) is 12.1. The lowest BCUT2D eigenvalue weighted by Gasteiger charge is -2.12. The first kappa shape index (κ1) is 13.2. The molecular weight excluding hydrogens is 242 g/mol. The number of amides is 1. The molecule has 0 bridgehead atoms. The van der Waals surface area contributed by atoms with Gasteiger partial charge in [0.05, 0.1) is 18.8 Å². The van der Waals surface area contributed by atoms with Crippen molar-refractivity contribution in [3.05, 3.63) is 47.8 Å². The Morgan fingerprint density at radius 2 is 2.16 bits per heavy atom. The second-order valence-electron chi connectivity index (χ2n) is 4.26. The van der Waals surface area contributed by atoms with Crippen LogP contribution < -0.4 is 11.1 Å². The Labute approximate surface area is 111 Å². The molecule has 19 heavy (non-hydrogen) atoms. The predicted molar refractivity (Wildman–Crippen MR) is 71.4 cm³/mol. The van der Waals surface area contributed by atoms with E-state index in [4.69, 9.17) is 5.73 Å². The van der Waals surface area contributed by atoms with E-state index < -0.39 is 0 Å². The molecule has 1 aromatic carbocycles. The SMILES string of the molecule is C[C@@H](NC(=O)c1cn(CCN)nn1)c1ccccc1. The molecular formula is C13H17N5O. The summed E-state index contributed by atoms with van der Waals surface area (Å²) in [5.74, 6) is -0.236. The van der Waals surface area contributed by atoms with E-state index in [1.807, 2.05) is 37.3 Å². The molecule has 6 heteroatoms. The Kier molecular flexibility index (Phi) is 4.25. The molecule has 0 saturated carbocycles. The number of benzene rings is 1. The summed E-state index contributed by atoms with van der Waals surface area (Å²) < 4.78 is 1.56. The van der Waals surface area contributed by atoms with Crippen molar-refractivity contribution >= 4 is 5.91 Å². The number of aromatic nitrogens is 3. The van der Waals surface area contributed by atoms with Crippen LogP contribution >= 0.6 is 0 Å². The van der Waals surface area contributed by atoms with E-state index in [1.54, 1.807) is 10.9 Å². The Morgan fingerprint density at radius 1 is 1.42 bits per heavy atom. The van der Waals surface area contributed by atoms with Gasteiger partial charge in [-0.05, 0) is 12.5 Å². The van der Waals surface area contributed by atoms with Gasteiger partial charge in [0.15, 0.2) is 5.69 Å². The van der Waals surface area contributed by atoms with Gasteiger partial charge in [0.1, 0.15) is 0 Å². The highest BCUT2D eigenvalue weighted by Crippen LogP contribution is 2.11. The fourth-order valence-electron chi connectivity index (χ4n) is 1.74. The molecule has 2 rings (SSSR count). The van der Waals surface area contributed by atoms with Gasteiger partial charge in [0.25, 0.3) is 5.91 Å². The molecule has 0 aliphatic carbocycles. The first-order valence-corrected chi connectivity index (χ1v) is 6.16. The van der Waals surface area contributed by atoms with Crippen LogP contribution in [-0.4, -0.2) is 27.4 Å². The molecule has 1 heterocycles. The molecule has 0 radical (unpaired) electrons. The van der Waals surface area contributed by atoms with Gasteiger partial charge >= 0.3 is 0 Å². The number of carbonyl (C=O) groups excluding carboxylic acids is 1. The van der Waals surface area contributed by atoms with Gasteiger partial charge in [-0.15, -0.1) is 5.10 Å². The number of hydrogen-bond donors (Lipinski definition) is 2. The maximum Gasteiger partial charge on any atom is 0.273 e. The minimum absolute atomic E-state index is 0.0756. The molecule has 0 fully saturated rings. The molecule has 100 valence electrons. The Balaban J connectivity index is 2.00. The number of carbonyl (C=O) groups is 1. The molecule has 0 saturated heterocycles. The van der Waals surface area contributed by atoms with Crippen LogP contribution in [0.1, 0.15) is 29.0 Å². The van der Waals surface area contributed by atoms with Crippen LogP contribution in [0.2, 0.25) is 0 Å². The Hall–Kier alpha value is -2.21. The molecule has 3 N–H and O–H groups in total. The molecule has 1 amide bonds. The zero-order valence-electron chi connectivity index (χ0n) is 10.8. The average Bonchev–Trinajstić information content (AvgIpc) is 2.89. The van der Waals surface area contributed by atoms with Crippen LogP contribution in [0.4, 0.5) is 0 Å².